The van der Waals surface area contributed by atoms with Crippen LogP contribution < -0.4 is 15.5 Å². The van der Waals surface area contributed by atoms with Crippen molar-refractivity contribution in [1.82, 2.24) is 4.98 Å². The first-order valence-electron chi connectivity index (χ1n) is 8.58. The quantitative estimate of drug-likeness (QED) is 0.814. The van der Waals surface area contributed by atoms with E-state index in [9.17, 15) is 4.79 Å². The van der Waals surface area contributed by atoms with Gasteiger partial charge in [-0.1, -0.05) is 0 Å². The lowest BCUT2D eigenvalue weighted by Gasteiger charge is -2.21. The minimum Gasteiger partial charge on any atom is -0.372 e. The van der Waals surface area contributed by atoms with Gasteiger partial charge in [0.1, 0.15) is 5.82 Å². The zero-order chi connectivity index (χ0) is 16.9. The third-order valence-electron chi connectivity index (χ3n) is 4.21. The number of hydrogen-bond acceptors (Lipinski definition) is 4. The highest BCUT2D eigenvalue weighted by Crippen LogP contribution is 2.24. The van der Waals surface area contributed by atoms with Crippen molar-refractivity contribution in [3.63, 3.8) is 0 Å². The topological polar surface area (TPSA) is 57.3 Å². The number of carbonyl (C=O) groups excluding carboxylic acids is 1. The molecule has 2 aromatic rings. The van der Waals surface area contributed by atoms with Crippen molar-refractivity contribution in [3.8, 4) is 0 Å². The lowest BCUT2D eigenvalue weighted by atomic mass is 10.2. The molecule has 126 valence electrons. The zero-order valence-electron chi connectivity index (χ0n) is 14.2. The lowest BCUT2D eigenvalue weighted by Crippen LogP contribution is -2.21. The zero-order valence-corrected chi connectivity index (χ0v) is 14.2. The standard InChI is InChI=1S/C19H24N4O/c1-3-23(4-2)17-9-7-16(8-10-17)22-19(24)14-11-12-20-18(13-14)21-15-5-6-15/h7-13,15H,3-6H2,1-2H3,(H,20,21)(H,22,24). The van der Waals surface area contributed by atoms with Crippen LogP contribution in [0.5, 0.6) is 0 Å². The molecule has 1 aromatic heterocycles. The van der Waals surface area contributed by atoms with Crippen LogP contribution in [0.3, 0.4) is 0 Å². The van der Waals surface area contributed by atoms with E-state index in [0.29, 0.717) is 11.6 Å². The van der Waals surface area contributed by atoms with Gasteiger partial charge in [0.25, 0.3) is 5.91 Å². The maximum absolute atomic E-state index is 12.4. The minimum atomic E-state index is -0.119. The molecular formula is C19H24N4O. The molecule has 1 amide bonds. The minimum absolute atomic E-state index is 0.119. The van der Waals surface area contributed by atoms with Crippen LogP contribution in [-0.2, 0) is 0 Å². The number of rotatable bonds is 7. The van der Waals surface area contributed by atoms with Crippen molar-refractivity contribution < 1.29 is 4.79 Å². The number of nitrogens with one attached hydrogen (secondary N) is 2. The van der Waals surface area contributed by atoms with E-state index in [1.807, 2.05) is 24.3 Å². The van der Waals surface area contributed by atoms with Crippen LogP contribution in [0.2, 0.25) is 0 Å². The molecule has 0 aliphatic heterocycles. The van der Waals surface area contributed by atoms with E-state index in [2.05, 4.69) is 34.4 Å². The molecule has 2 N–H and O–H groups in total. The van der Waals surface area contributed by atoms with Crippen molar-refractivity contribution in [2.45, 2.75) is 32.7 Å². The maximum atomic E-state index is 12.4. The Morgan fingerprint density at radius 2 is 1.88 bits per heavy atom. The SMILES string of the molecule is CCN(CC)c1ccc(NC(=O)c2ccnc(NC3CC3)c2)cc1. The Labute approximate surface area is 143 Å². The fraction of sp³-hybridized carbons (Fsp3) is 0.368. The van der Waals surface area contributed by atoms with E-state index in [1.165, 1.54) is 12.8 Å². The van der Waals surface area contributed by atoms with Gasteiger partial charge in [-0.05, 0) is 63.1 Å². The predicted octanol–water partition coefficient (Wildman–Crippen LogP) is 3.75. The molecule has 3 rings (SSSR count). The average Bonchev–Trinajstić information content (AvgIpc) is 3.41. The first-order valence-corrected chi connectivity index (χ1v) is 8.58. The third-order valence-corrected chi connectivity index (χ3v) is 4.21. The van der Waals surface area contributed by atoms with Crippen LogP contribution in [0, 0.1) is 0 Å². The van der Waals surface area contributed by atoms with Crippen molar-refractivity contribution in [2.75, 3.05) is 28.6 Å². The van der Waals surface area contributed by atoms with Gasteiger partial charge in [0, 0.05) is 42.3 Å². The third kappa shape index (κ3) is 4.04. The summed E-state index contributed by atoms with van der Waals surface area (Å²) in [5.74, 6) is 0.647. The van der Waals surface area contributed by atoms with E-state index in [4.69, 9.17) is 0 Å². The first kappa shape index (κ1) is 16.3. The molecule has 1 saturated carbocycles. The van der Waals surface area contributed by atoms with Crippen LogP contribution in [0.4, 0.5) is 17.2 Å². The fourth-order valence-corrected chi connectivity index (χ4v) is 2.64. The summed E-state index contributed by atoms with van der Waals surface area (Å²) in [6, 6.07) is 12.0. The molecule has 0 saturated heterocycles. The molecule has 5 heteroatoms. The summed E-state index contributed by atoms with van der Waals surface area (Å²) in [4.78, 5) is 19.0. The Hall–Kier alpha value is -2.56. The molecule has 1 heterocycles. The average molecular weight is 324 g/mol. The molecule has 1 aliphatic carbocycles. The maximum Gasteiger partial charge on any atom is 0.255 e. The first-order chi connectivity index (χ1) is 11.7. The highest BCUT2D eigenvalue weighted by molar-refractivity contribution is 6.04. The van der Waals surface area contributed by atoms with Gasteiger partial charge in [0.15, 0.2) is 0 Å². The lowest BCUT2D eigenvalue weighted by molar-refractivity contribution is 0.102. The molecule has 0 spiro atoms. The van der Waals surface area contributed by atoms with Crippen LogP contribution in [0.1, 0.15) is 37.0 Å². The van der Waals surface area contributed by atoms with Crippen molar-refractivity contribution in [3.05, 3.63) is 48.2 Å². The van der Waals surface area contributed by atoms with Gasteiger partial charge in [-0.3, -0.25) is 4.79 Å². The van der Waals surface area contributed by atoms with Gasteiger partial charge in [-0.2, -0.15) is 0 Å². The molecule has 0 radical (unpaired) electrons. The number of anilines is 3. The Morgan fingerprint density at radius 3 is 2.50 bits per heavy atom. The Kier molecular flexibility index (Phi) is 4.99. The number of carbonyl (C=O) groups is 1. The summed E-state index contributed by atoms with van der Waals surface area (Å²) in [5.41, 5.74) is 2.57. The Bertz CT molecular complexity index is 691. The predicted molar refractivity (Wildman–Crippen MR) is 98.8 cm³/mol. The molecule has 1 aliphatic rings. The van der Waals surface area contributed by atoms with Gasteiger partial charge in [0.2, 0.25) is 0 Å². The molecular weight excluding hydrogens is 300 g/mol. The second-order valence-corrected chi connectivity index (χ2v) is 6.02. The number of pyridine rings is 1. The van der Waals surface area contributed by atoms with E-state index in [0.717, 1.165) is 30.3 Å². The van der Waals surface area contributed by atoms with Crippen molar-refractivity contribution in [1.29, 1.82) is 0 Å². The summed E-state index contributed by atoms with van der Waals surface area (Å²) >= 11 is 0. The van der Waals surface area contributed by atoms with Gasteiger partial charge in [-0.15, -0.1) is 0 Å². The number of hydrogen-bond donors (Lipinski definition) is 2. The van der Waals surface area contributed by atoms with Crippen LogP contribution in [0.15, 0.2) is 42.6 Å². The number of benzene rings is 1. The summed E-state index contributed by atoms with van der Waals surface area (Å²) in [7, 11) is 0. The molecule has 1 fully saturated rings. The van der Waals surface area contributed by atoms with Crippen LogP contribution in [0.25, 0.3) is 0 Å². The molecule has 0 atom stereocenters. The largest absolute Gasteiger partial charge is 0.372 e. The molecule has 24 heavy (non-hydrogen) atoms. The van der Waals surface area contributed by atoms with Crippen molar-refractivity contribution >= 4 is 23.1 Å². The van der Waals surface area contributed by atoms with Gasteiger partial charge >= 0.3 is 0 Å². The molecule has 1 aromatic carbocycles. The van der Waals surface area contributed by atoms with E-state index in [-0.39, 0.29) is 5.91 Å². The number of aromatic nitrogens is 1. The number of nitrogens with zero attached hydrogens (tertiary/aromatic N) is 2. The van der Waals surface area contributed by atoms with Crippen LogP contribution in [-0.4, -0.2) is 30.0 Å². The summed E-state index contributed by atoms with van der Waals surface area (Å²) in [6.07, 6.45) is 4.02. The summed E-state index contributed by atoms with van der Waals surface area (Å²) in [6.45, 7) is 6.21. The summed E-state index contributed by atoms with van der Waals surface area (Å²) < 4.78 is 0. The van der Waals surface area contributed by atoms with E-state index >= 15 is 0 Å². The van der Waals surface area contributed by atoms with Crippen LogP contribution >= 0.6 is 0 Å². The van der Waals surface area contributed by atoms with Crippen molar-refractivity contribution in [2.24, 2.45) is 0 Å². The van der Waals surface area contributed by atoms with Gasteiger partial charge in [-0.25, -0.2) is 4.98 Å². The Morgan fingerprint density at radius 1 is 1.17 bits per heavy atom. The van der Waals surface area contributed by atoms with E-state index in [1.54, 1.807) is 18.3 Å². The number of amides is 1. The van der Waals surface area contributed by atoms with Gasteiger partial charge < -0.3 is 15.5 Å². The highest BCUT2D eigenvalue weighted by atomic mass is 16.1. The molecule has 0 unspecified atom stereocenters. The Balaban J connectivity index is 1.65. The highest BCUT2D eigenvalue weighted by Gasteiger charge is 2.21. The van der Waals surface area contributed by atoms with Gasteiger partial charge in [0.05, 0.1) is 0 Å². The second-order valence-electron chi connectivity index (χ2n) is 6.02. The fourth-order valence-electron chi connectivity index (χ4n) is 2.64. The van der Waals surface area contributed by atoms with E-state index < -0.39 is 0 Å². The normalized spacial score (nSPS) is 13.4. The summed E-state index contributed by atoms with van der Waals surface area (Å²) in [5, 5.41) is 6.25. The smallest absolute Gasteiger partial charge is 0.255 e. The molecule has 5 nitrogen and oxygen atoms in total. The monoisotopic (exact) mass is 324 g/mol. The second kappa shape index (κ2) is 7.34. The molecule has 0 bridgehead atoms.